The third-order valence-electron chi connectivity index (χ3n) is 3.45. The molecule has 19 heavy (non-hydrogen) atoms. The zero-order valence-electron chi connectivity index (χ0n) is 11.7. The van der Waals surface area contributed by atoms with E-state index in [-0.39, 0.29) is 18.5 Å². The van der Waals surface area contributed by atoms with Crippen molar-refractivity contribution in [1.82, 2.24) is 10.6 Å². The quantitative estimate of drug-likeness (QED) is 0.628. The van der Waals surface area contributed by atoms with Gasteiger partial charge in [-0.25, -0.2) is 0 Å². The van der Waals surface area contributed by atoms with E-state index in [1.54, 1.807) is 6.92 Å². The van der Waals surface area contributed by atoms with Crippen molar-refractivity contribution < 1.29 is 19.4 Å². The van der Waals surface area contributed by atoms with Crippen molar-refractivity contribution in [2.75, 3.05) is 19.8 Å². The van der Waals surface area contributed by atoms with Gasteiger partial charge in [-0.15, -0.1) is 0 Å². The van der Waals surface area contributed by atoms with Gasteiger partial charge in [0.15, 0.2) is 0 Å². The Bertz CT molecular complexity index is 316. The number of carbonyl (C=O) groups is 2. The van der Waals surface area contributed by atoms with E-state index in [9.17, 15) is 14.7 Å². The summed E-state index contributed by atoms with van der Waals surface area (Å²) in [5, 5.41) is 14.9. The van der Waals surface area contributed by atoms with E-state index in [0.717, 1.165) is 19.3 Å². The molecular formula is C13H24N2O4. The largest absolute Gasteiger partial charge is 0.480 e. The molecule has 1 aliphatic rings. The smallest absolute Gasteiger partial charge is 0.323 e. The van der Waals surface area contributed by atoms with Crippen LogP contribution in [0.25, 0.3) is 0 Å². The normalized spacial score (nSPS) is 19.7. The maximum absolute atomic E-state index is 11.8. The number of carbonyl (C=O) groups excluding carboxylic acids is 1. The van der Waals surface area contributed by atoms with Gasteiger partial charge in [-0.3, -0.25) is 14.9 Å². The summed E-state index contributed by atoms with van der Waals surface area (Å²) in [6.07, 6.45) is 2.87. The number of aliphatic carboxylic acids is 1. The number of carboxylic acid groups (broad SMARTS) is 1. The fourth-order valence-electron chi connectivity index (χ4n) is 2.17. The average Bonchev–Trinajstić information content (AvgIpc) is 2.38. The van der Waals surface area contributed by atoms with E-state index in [1.165, 1.54) is 0 Å². The van der Waals surface area contributed by atoms with Crippen molar-refractivity contribution in [1.29, 1.82) is 0 Å². The third-order valence-corrected chi connectivity index (χ3v) is 3.45. The molecule has 1 heterocycles. The first kappa shape index (κ1) is 15.9. The molecule has 1 aliphatic heterocycles. The van der Waals surface area contributed by atoms with Gasteiger partial charge >= 0.3 is 5.97 Å². The van der Waals surface area contributed by atoms with Crippen LogP contribution >= 0.6 is 0 Å². The Hall–Kier alpha value is -1.14. The molecular weight excluding hydrogens is 248 g/mol. The minimum Gasteiger partial charge on any atom is -0.480 e. The number of amides is 1. The molecule has 3 N–H and O–H groups in total. The number of rotatable bonds is 7. The van der Waals surface area contributed by atoms with E-state index in [0.29, 0.717) is 19.6 Å². The Morgan fingerprint density at radius 3 is 2.53 bits per heavy atom. The van der Waals surface area contributed by atoms with E-state index in [2.05, 4.69) is 10.6 Å². The van der Waals surface area contributed by atoms with E-state index in [1.807, 2.05) is 6.92 Å². The average molecular weight is 272 g/mol. The summed E-state index contributed by atoms with van der Waals surface area (Å²) in [5.74, 6) is -1.08. The zero-order chi connectivity index (χ0) is 14.3. The van der Waals surface area contributed by atoms with E-state index >= 15 is 0 Å². The Labute approximate surface area is 113 Å². The molecule has 1 unspecified atom stereocenters. The number of hydrogen-bond donors (Lipinski definition) is 3. The Balaban J connectivity index is 2.36. The molecule has 6 nitrogen and oxygen atoms in total. The van der Waals surface area contributed by atoms with Crippen molar-refractivity contribution in [3.63, 3.8) is 0 Å². The molecule has 1 saturated heterocycles. The maximum atomic E-state index is 11.8. The van der Waals surface area contributed by atoms with Crippen LogP contribution in [0.2, 0.25) is 0 Å². The van der Waals surface area contributed by atoms with Gasteiger partial charge in [-0.2, -0.15) is 0 Å². The lowest BCUT2D eigenvalue weighted by Crippen LogP contribution is -2.53. The summed E-state index contributed by atoms with van der Waals surface area (Å²) >= 11 is 0. The van der Waals surface area contributed by atoms with Crippen molar-refractivity contribution in [3.8, 4) is 0 Å². The molecule has 0 spiro atoms. The molecule has 0 saturated carbocycles. The zero-order valence-corrected chi connectivity index (χ0v) is 11.7. The highest BCUT2D eigenvalue weighted by molar-refractivity contribution is 5.82. The Morgan fingerprint density at radius 1 is 1.37 bits per heavy atom. The molecule has 0 radical (unpaired) electrons. The first-order valence-electron chi connectivity index (χ1n) is 6.83. The van der Waals surface area contributed by atoms with Crippen LogP contribution in [-0.2, 0) is 14.3 Å². The van der Waals surface area contributed by atoms with Gasteiger partial charge in [0.2, 0.25) is 5.91 Å². The van der Waals surface area contributed by atoms with Crippen molar-refractivity contribution >= 4 is 11.9 Å². The highest BCUT2D eigenvalue weighted by atomic mass is 16.5. The summed E-state index contributed by atoms with van der Waals surface area (Å²) < 4.78 is 5.21. The Kier molecular flexibility index (Phi) is 6.24. The molecule has 1 fully saturated rings. The third kappa shape index (κ3) is 5.16. The summed E-state index contributed by atoms with van der Waals surface area (Å²) in [7, 11) is 0. The summed E-state index contributed by atoms with van der Waals surface area (Å²) in [6, 6.07) is 0.144. The lowest BCUT2D eigenvalue weighted by atomic mass is 9.96. The van der Waals surface area contributed by atoms with Gasteiger partial charge in [0.05, 0.1) is 6.54 Å². The van der Waals surface area contributed by atoms with Crippen molar-refractivity contribution in [2.45, 2.75) is 51.1 Å². The maximum Gasteiger partial charge on any atom is 0.323 e. The van der Waals surface area contributed by atoms with Crippen LogP contribution in [0.4, 0.5) is 0 Å². The summed E-state index contributed by atoms with van der Waals surface area (Å²) in [6.45, 7) is 4.90. The molecule has 0 aromatic rings. The van der Waals surface area contributed by atoms with Crippen LogP contribution in [0.1, 0.15) is 39.5 Å². The molecule has 6 heteroatoms. The lowest BCUT2D eigenvalue weighted by Gasteiger charge is -2.27. The second kappa shape index (κ2) is 7.45. The van der Waals surface area contributed by atoms with Crippen molar-refractivity contribution in [2.24, 2.45) is 0 Å². The summed E-state index contributed by atoms with van der Waals surface area (Å²) in [4.78, 5) is 23.0. The number of hydrogen-bond acceptors (Lipinski definition) is 4. The minimum atomic E-state index is -1.04. The number of nitrogens with one attached hydrogen (secondary N) is 2. The van der Waals surface area contributed by atoms with Crippen LogP contribution in [0, 0.1) is 0 Å². The Morgan fingerprint density at radius 2 is 2.00 bits per heavy atom. The SMILES string of the molecule is CCCC(C)(NCC(=O)NC1CCOCC1)C(=O)O. The monoisotopic (exact) mass is 272 g/mol. The second-order valence-corrected chi connectivity index (χ2v) is 5.19. The standard InChI is InChI=1S/C13H24N2O4/c1-3-6-13(2,12(17)18)14-9-11(16)15-10-4-7-19-8-5-10/h10,14H,3-9H2,1-2H3,(H,15,16)(H,17,18). The fourth-order valence-corrected chi connectivity index (χ4v) is 2.17. The van der Waals surface area contributed by atoms with Gasteiger partial charge in [-0.1, -0.05) is 13.3 Å². The molecule has 1 amide bonds. The minimum absolute atomic E-state index is 0.0279. The van der Waals surface area contributed by atoms with Crippen molar-refractivity contribution in [3.05, 3.63) is 0 Å². The first-order chi connectivity index (χ1) is 8.98. The van der Waals surface area contributed by atoms with Crippen LogP contribution in [0.3, 0.4) is 0 Å². The van der Waals surface area contributed by atoms with Crippen LogP contribution in [0.15, 0.2) is 0 Å². The number of carboxylic acids is 1. The molecule has 1 atom stereocenters. The van der Waals surface area contributed by atoms with Crippen LogP contribution < -0.4 is 10.6 Å². The predicted octanol–water partition coefficient (Wildman–Crippen LogP) is 0.515. The molecule has 1 rings (SSSR count). The highest BCUT2D eigenvalue weighted by Gasteiger charge is 2.32. The van der Waals surface area contributed by atoms with Gasteiger partial charge in [0.25, 0.3) is 0 Å². The lowest BCUT2D eigenvalue weighted by molar-refractivity contribution is -0.144. The topological polar surface area (TPSA) is 87.7 Å². The molecule has 110 valence electrons. The second-order valence-electron chi connectivity index (χ2n) is 5.19. The summed E-state index contributed by atoms with van der Waals surface area (Å²) in [5.41, 5.74) is -1.04. The molecule has 0 aromatic carbocycles. The van der Waals surface area contributed by atoms with Crippen LogP contribution in [0.5, 0.6) is 0 Å². The van der Waals surface area contributed by atoms with E-state index < -0.39 is 11.5 Å². The van der Waals surface area contributed by atoms with E-state index in [4.69, 9.17) is 4.74 Å². The first-order valence-corrected chi connectivity index (χ1v) is 6.83. The highest BCUT2D eigenvalue weighted by Crippen LogP contribution is 2.12. The predicted molar refractivity (Wildman–Crippen MR) is 70.9 cm³/mol. The van der Waals surface area contributed by atoms with Gasteiger partial charge in [0.1, 0.15) is 5.54 Å². The van der Waals surface area contributed by atoms with Gasteiger partial charge in [0, 0.05) is 19.3 Å². The molecule has 0 aliphatic carbocycles. The molecule has 0 bridgehead atoms. The van der Waals surface area contributed by atoms with Gasteiger partial charge < -0.3 is 15.2 Å². The fraction of sp³-hybridized carbons (Fsp3) is 0.846. The molecule has 0 aromatic heterocycles. The van der Waals surface area contributed by atoms with Crippen LogP contribution in [-0.4, -0.2) is 48.3 Å². The van der Waals surface area contributed by atoms with Gasteiger partial charge in [-0.05, 0) is 26.2 Å². The number of ether oxygens (including phenoxy) is 1.